The average molecular weight is 201 g/mol. The summed E-state index contributed by atoms with van der Waals surface area (Å²) in [4.78, 5) is 13.5. The Morgan fingerprint density at radius 2 is 1.93 bits per heavy atom. The largest absolute Gasteiger partial charge is 0.466 e. The van der Waals surface area contributed by atoms with E-state index in [-0.39, 0.29) is 11.5 Å². The highest BCUT2D eigenvalue weighted by Gasteiger charge is 2.29. The number of nitrogens with zero attached hydrogens (tertiary/aromatic N) is 1. The number of rotatable bonds is 6. The van der Waals surface area contributed by atoms with Crippen molar-refractivity contribution < 1.29 is 9.53 Å². The molecule has 0 heterocycles. The molecule has 14 heavy (non-hydrogen) atoms. The lowest BCUT2D eigenvalue weighted by atomic mass is 9.91. The minimum absolute atomic E-state index is 0.0684. The van der Waals surface area contributed by atoms with E-state index in [0.29, 0.717) is 13.0 Å². The van der Waals surface area contributed by atoms with E-state index >= 15 is 0 Å². The van der Waals surface area contributed by atoms with Crippen molar-refractivity contribution in [2.45, 2.75) is 45.6 Å². The van der Waals surface area contributed by atoms with Gasteiger partial charge in [0, 0.05) is 5.54 Å². The van der Waals surface area contributed by atoms with Gasteiger partial charge in [0.25, 0.3) is 0 Å². The molecule has 3 heteroatoms. The van der Waals surface area contributed by atoms with Crippen molar-refractivity contribution in [1.82, 2.24) is 4.90 Å². The van der Waals surface area contributed by atoms with Gasteiger partial charge in [0.1, 0.15) is 0 Å². The number of hydrogen-bond donors (Lipinski definition) is 0. The first-order valence-electron chi connectivity index (χ1n) is 5.29. The second-order valence-electron chi connectivity index (χ2n) is 4.12. The first-order valence-corrected chi connectivity index (χ1v) is 5.29. The molecule has 0 spiro atoms. The molecule has 3 nitrogen and oxygen atoms in total. The molecule has 1 unspecified atom stereocenters. The maximum absolute atomic E-state index is 11.4. The normalized spacial score (nSPS) is 15.3. The highest BCUT2D eigenvalue weighted by Crippen LogP contribution is 2.23. The van der Waals surface area contributed by atoms with Crippen molar-refractivity contribution in [2.24, 2.45) is 0 Å². The third-order valence-corrected chi connectivity index (χ3v) is 2.70. The molecule has 0 rings (SSSR count). The highest BCUT2D eigenvalue weighted by molar-refractivity contribution is 5.70. The summed E-state index contributed by atoms with van der Waals surface area (Å²) < 4.78 is 4.97. The summed E-state index contributed by atoms with van der Waals surface area (Å²) in [5.41, 5.74) is -0.0684. The summed E-state index contributed by atoms with van der Waals surface area (Å²) in [5.74, 6) is -0.0999. The molecule has 0 aromatic heterocycles. The van der Waals surface area contributed by atoms with Crippen LogP contribution in [0.25, 0.3) is 0 Å². The number of hydrogen-bond acceptors (Lipinski definition) is 3. The molecule has 0 N–H and O–H groups in total. The van der Waals surface area contributed by atoms with Gasteiger partial charge in [-0.2, -0.15) is 0 Å². The molecule has 0 radical (unpaired) electrons. The Hall–Kier alpha value is -0.570. The summed E-state index contributed by atoms with van der Waals surface area (Å²) in [6.45, 7) is 6.54. The van der Waals surface area contributed by atoms with Gasteiger partial charge in [-0.3, -0.25) is 4.79 Å². The zero-order valence-corrected chi connectivity index (χ0v) is 10.1. The lowest BCUT2D eigenvalue weighted by molar-refractivity contribution is -0.146. The third-order valence-electron chi connectivity index (χ3n) is 2.70. The van der Waals surface area contributed by atoms with Crippen LogP contribution in [0.5, 0.6) is 0 Å². The lowest BCUT2D eigenvalue weighted by Gasteiger charge is -2.35. The fourth-order valence-corrected chi connectivity index (χ4v) is 1.53. The maximum atomic E-state index is 11.4. The minimum atomic E-state index is -0.0999. The van der Waals surface area contributed by atoms with Gasteiger partial charge in [-0.15, -0.1) is 0 Å². The molecular formula is C11H23NO2. The summed E-state index contributed by atoms with van der Waals surface area (Å²) in [5, 5.41) is 0. The lowest BCUT2D eigenvalue weighted by Crippen LogP contribution is -2.43. The number of carbonyl (C=O) groups excluding carboxylic acids is 1. The quantitative estimate of drug-likeness (QED) is 0.616. The van der Waals surface area contributed by atoms with E-state index in [4.69, 9.17) is 4.74 Å². The Balaban J connectivity index is 4.28. The number of ether oxygens (including phenoxy) is 1. The standard InChI is InChI=1S/C11H23NO2/c1-6-8-11(3,12(4)5)9-10(13)14-7-2/h6-9H2,1-5H3. The second-order valence-corrected chi connectivity index (χ2v) is 4.12. The SMILES string of the molecule is CCCC(C)(CC(=O)OCC)N(C)C. The zero-order valence-electron chi connectivity index (χ0n) is 10.1. The molecule has 0 fully saturated rings. The Morgan fingerprint density at radius 3 is 2.29 bits per heavy atom. The average Bonchev–Trinajstić information content (AvgIpc) is 2.04. The molecule has 0 saturated carbocycles. The summed E-state index contributed by atoms with van der Waals surface area (Å²) in [6, 6.07) is 0. The van der Waals surface area contributed by atoms with Gasteiger partial charge in [-0.25, -0.2) is 0 Å². The van der Waals surface area contributed by atoms with Crippen molar-refractivity contribution in [3.63, 3.8) is 0 Å². The van der Waals surface area contributed by atoms with Crippen molar-refractivity contribution in [1.29, 1.82) is 0 Å². The minimum Gasteiger partial charge on any atom is -0.466 e. The molecule has 0 amide bonds. The van der Waals surface area contributed by atoms with Gasteiger partial charge in [0.05, 0.1) is 13.0 Å². The summed E-state index contributed by atoms with van der Waals surface area (Å²) >= 11 is 0. The van der Waals surface area contributed by atoms with E-state index in [0.717, 1.165) is 12.8 Å². The highest BCUT2D eigenvalue weighted by atomic mass is 16.5. The van der Waals surface area contributed by atoms with Crippen LogP contribution in [0.15, 0.2) is 0 Å². The Kier molecular flexibility index (Phi) is 5.77. The van der Waals surface area contributed by atoms with Crippen LogP contribution < -0.4 is 0 Å². The molecule has 0 bridgehead atoms. The predicted molar refractivity (Wildman–Crippen MR) is 58.3 cm³/mol. The van der Waals surface area contributed by atoms with Crippen LogP contribution in [-0.4, -0.2) is 37.1 Å². The molecule has 0 aliphatic rings. The van der Waals surface area contributed by atoms with Gasteiger partial charge in [-0.1, -0.05) is 13.3 Å². The third kappa shape index (κ3) is 4.09. The van der Waals surface area contributed by atoms with Crippen LogP contribution in [-0.2, 0) is 9.53 Å². The van der Waals surface area contributed by atoms with Crippen LogP contribution in [0.4, 0.5) is 0 Å². The van der Waals surface area contributed by atoms with Crippen molar-refractivity contribution in [2.75, 3.05) is 20.7 Å². The number of esters is 1. The van der Waals surface area contributed by atoms with Crippen LogP contribution in [0, 0.1) is 0 Å². The Labute approximate surface area is 87.4 Å². The molecule has 0 aliphatic carbocycles. The molecule has 0 aromatic rings. The topological polar surface area (TPSA) is 29.5 Å². The van der Waals surface area contributed by atoms with Crippen molar-refractivity contribution in [3.05, 3.63) is 0 Å². The molecular weight excluding hydrogens is 178 g/mol. The molecule has 84 valence electrons. The van der Waals surface area contributed by atoms with E-state index in [1.165, 1.54) is 0 Å². The number of carbonyl (C=O) groups is 1. The first-order chi connectivity index (χ1) is 6.46. The monoisotopic (exact) mass is 201 g/mol. The van der Waals surface area contributed by atoms with Gasteiger partial charge < -0.3 is 9.64 Å². The summed E-state index contributed by atoms with van der Waals surface area (Å²) in [7, 11) is 4.02. The van der Waals surface area contributed by atoms with Crippen molar-refractivity contribution in [3.8, 4) is 0 Å². The zero-order chi connectivity index (χ0) is 11.2. The summed E-state index contributed by atoms with van der Waals surface area (Å²) in [6.07, 6.45) is 2.56. The van der Waals surface area contributed by atoms with Crippen LogP contribution in [0.1, 0.15) is 40.0 Å². The fourth-order valence-electron chi connectivity index (χ4n) is 1.53. The van der Waals surface area contributed by atoms with Crippen molar-refractivity contribution >= 4 is 5.97 Å². The van der Waals surface area contributed by atoms with E-state index in [2.05, 4.69) is 18.7 Å². The maximum Gasteiger partial charge on any atom is 0.307 e. The van der Waals surface area contributed by atoms with E-state index < -0.39 is 0 Å². The van der Waals surface area contributed by atoms with E-state index in [9.17, 15) is 4.79 Å². The van der Waals surface area contributed by atoms with Gasteiger partial charge in [-0.05, 0) is 34.4 Å². The first kappa shape index (κ1) is 13.4. The van der Waals surface area contributed by atoms with Gasteiger partial charge in [0.2, 0.25) is 0 Å². The predicted octanol–water partition coefficient (Wildman–Crippen LogP) is 2.06. The molecule has 0 aliphatic heterocycles. The van der Waals surface area contributed by atoms with Gasteiger partial charge >= 0.3 is 5.97 Å². The molecule has 0 saturated heterocycles. The van der Waals surface area contributed by atoms with Crippen LogP contribution >= 0.6 is 0 Å². The molecule has 0 aromatic carbocycles. The van der Waals surface area contributed by atoms with Crippen LogP contribution in [0.3, 0.4) is 0 Å². The van der Waals surface area contributed by atoms with Crippen LogP contribution in [0.2, 0.25) is 0 Å². The Morgan fingerprint density at radius 1 is 1.36 bits per heavy atom. The van der Waals surface area contributed by atoms with Gasteiger partial charge in [0.15, 0.2) is 0 Å². The smallest absolute Gasteiger partial charge is 0.307 e. The Bertz CT molecular complexity index is 180. The molecule has 1 atom stereocenters. The van der Waals surface area contributed by atoms with E-state index in [1.807, 2.05) is 21.0 Å². The fraction of sp³-hybridized carbons (Fsp3) is 0.909. The van der Waals surface area contributed by atoms with E-state index in [1.54, 1.807) is 0 Å². The second kappa shape index (κ2) is 6.02.